The molecule has 5 heteroatoms. The lowest BCUT2D eigenvalue weighted by Crippen LogP contribution is -3.00. The zero-order chi connectivity index (χ0) is 15.8. The van der Waals surface area contributed by atoms with Gasteiger partial charge in [0.2, 0.25) is 0 Å². The van der Waals surface area contributed by atoms with Gasteiger partial charge in [-0.15, -0.1) is 0 Å². The minimum atomic E-state index is 0. The Kier molecular flexibility index (Phi) is 9.14. The molecule has 4 nitrogen and oxygen atoms in total. The molecular weight excluding hydrogens is 354 g/mol. The highest BCUT2D eigenvalue weighted by atomic mass is 79.9. The van der Waals surface area contributed by atoms with Crippen LogP contribution in [0.1, 0.15) is 31.2 Å². The number of aliphatic hydroxyl groups is 1. The summed E-state index contributed by atoms with van der Waals surface area (Å²) in [5.74, 6) is 1.25. The van der Waals surface area contributed by atoms with Gasteiger partial charge in [-0.1, -0.05) is 43.7 Å². The van der Waals surface area contributed by atoms with Crippen molar-refractivity contribution in [3.8, 4) is 0 Å². The van der Waals surface area contributed by atoms with Crippen molar-refractivity contribution in [2.24, 2.45) is 7.05 Å². The summed E-state index contributed by atoms with van der Waals surface area (Å²) in [6.45, 7) is 4.18. The Balaban J connectivity index is 0.00000264. The lowest BCUT2D eigenvalue weighted by molar-refractivity contribution is -0.679. The summed E-state index contributed by atoms with van der Waals surface area (Å²) in [6, 6.07) is 10.4. The quantitative estimate of drug-likeness (QED) is 0.536. The monoisotopic (exact) mass is 381 g/mol. The van der Waals surface area contributed by atoms with Gasteiger partial charge >= 0.3 is 0 Å². The first kappa shape index (κ1) is 19.9. The molecule has 0 fully saturated rings. The number of unbranched alkanes of at least 4 members (excludes halogenated alkanes) is 1. The highest BCUT2D eigenvalue weighted by molar-refractivity contribution is 5.15. The molecular formula is C18H28BrN3O. The van der Waals surface area contributed by atoms with Gasteiger partial charge in [-0.05, 0) is 18.4 Å². The molecule has 1 aromatic heterocycles. The van der Waals surface area contributed by atoms with Crippen LogP contribution in [0.4, 0.5) is 0 Å². The third-order valence-corrected chi connectivity index (χ3v) is 4.06. The van der Waals surface area contributed by atoms with Crippen LogP contribution in [-0.4, -0.2) is 22.3 Å². The number of halogens is 1. The van der Waals surface area contributed by atoms with Crippen molar-refractivity contribution in [2.45, 2.75) is 45.3 Å². The van der Waals surface area contributed by atoms with E-state index < -0.39 is 0 Å². The van der Waals surface area contributed by atoms with Crippen LogP contribution in [0.3, 0.4) is 0 Å². The number of benzene rings is 1. The van der Waals surface area contributed by atoms with Crippen LogP contribution >= 0.6 is 0 Å². The van der Waals surface area contributed by atoms with Crippen molar-refractivity contribution < 1.29 is 26.7 Å². The molecule has 2 rings (SSSR count). The zero-order valence-electron chi connectivity index (χ0n) is 14.1. The minimum absolute atomic E-state index is 0. The van der Waals surface area contributed by atoms with E-state index in [1.807, 2.05) is 18.2 Å². The maximum Gasteiger partial charge on any atom is 0.270 e. The molecule has 0 spiro atoms. The summed E-state index contributed by atoms with van der Waals surface area (Å²) in [5.41, 5.74) is 1.25. The third kappa shape index (κ3) is 6.09. The number of nitrogens with zero attached hydrogens (tertiary/aromatic N) is 2. The van der Waals surface area contributed by atoms with Crippen LogP contribution in [-0.2, 0) is 26.6 Å². The predicted molar refractivity (Wildman–Crippen MR) is 88.4 cm³/mol. The molecule has 2 N–H and O–H groups in total. The van der Waals surface area contributed by atoms with Crippen LogP contribution in [0.15, 0.2) is 42.7 Å². The fraction of sp³-hybridized carbons (Fsp3) is 0.500. The fourth-order valence-electron chi connectivity index (χ4n) is 2.65. The van der Waals surface area contributed by atoms with E-state index >= 15 is 0 Å². The third-order valence-electron chi connectivity index (χ3n) is 4.06. The Morgan fingerprint density at radius 3 is 2.65 bits per heavy atom. The van der Waals surface area contributed by atoms with Crippen molar-refractivity contribution in [3.63, 3.8) is 0 Å². The van der Waals surface area contributed by atoms with E-state index in [2.05, 4.69) is 52.9 Å². The van der Waals surface area contributed by atoms with Crippen LogP contribution in [0, 0.1) is 0 Å². The standard InChI is InChI=1S/C18H28N3O.BrH/c1-3-4-10-21-12-11-20(2)18(21)14-19-17(15-22)13-16-8-6-5-7-9-16;/h5-9,11-12,17,19,22H,3-4,10,13-15H2,1-2H3;1H/q+1;/p-1/t17-;/m0./s1. The van der Waals surface area contributed by atoms with E-state index in [1.54, 1.807) is 0 Å². The number of rotatable bonds is 9. The molecule has 1 heterocycles. The molecule has 2 aromatic rings. The number of aryl methyl sites for hydroxylation is 2. The second-order valence-electron chi connectivity index (χ2n) is 5.82. The van der Waals surface area contributed by atoms with Crippen LogP contribution < -0.4 is 26.9 Å². The maximum atomic E-state index is 9.62. The topological polar surface area (TPSA) is 41.1 Å². The van der Waals surface area contributed by atoms with E-state index in [0.717, 1.165) is 19.5 Å². The molecule has 0 amide bonds. The molecule has 0 saturated carbocycles. The van der Waals surface area contributed by atoms with E-state index in [9.17, 15) is 5.11 Å². The van der Waals surface area contributed by atoms with E-state index in [0.29, 0.717) is 0 Å². The predicted octanol–water partition coefficient (Wildman–Crippen LogP) is -1.19. The van der Waals surface area contributed by atoms with Gasteiger partial charge in [-0.25, -0.2) is 9.13 Å². The molecule has 0 aliphatic rings. The molecule has 0 aliphatic heterocycles. The Bertz CT molecular complexity index is 557. The highest BCUT2D eigenvalue weighted by Gasteiger charge is 2.16. The fourth-order valence-corrected chi connectivity index (χ4v) is 2.65. The van der Waals surface area contributed by atoms with Crippen molar-refractivity contribution in [3.05, 3.63) is 54.1 Å². The van der Waals surface area contributed by atoms with E-state index in [1.165, 1.54) is 24.2 Å². The molecule has 23 heavy (non-hydrogen) atoms. The van der Waals surface area contributed by atoms with Crippen LogP contribution in [0.5, 0.6) is 0 Å². The lowest BCUT2D eigenvalue weighted by atomic mass is 10.1. The molecule has 0 aliphatic carbocycles. The molecule has 0 radical (unpaired) electrons. The maximum absolute atomic E-state index is 9.62. The highest BCUT2D eigenvalue weighted by Crippen LogP contribution is 2.05. The minimum Gasteiger partial charge on any atom is -1.00 e. The van der Waals surface area contributed by atoms with Crippen molar-refractivity contribution in [1.29, 1.82) is 0 Å². The van der Waals surface area contributed by atoms with Crippen molar-refractivity contribution in [1.82, 2.24) is 9.88 Å². The van der Waals surface area contributed by atoms with Crippen molar-refractivity contribution >= 4 is 0 Å². The number of aliphatic hydroxyl groups excluding tert-OH is 1. The molecule has 0 saturated heterocycles. The van der Waals surface area contributed by atoms with Gasteiger partial charge in [0, 0.05) is 6.04 Å². The Morgan fingerprint density at radius 1 is 1.26 bits per heavy atom. The molecule has 1 atom stereocenters. The molecule has 0 unspecified atom stereocenters. The van der Waals surface area contributed by atoms with Gasteiger partial charge in [0.25, 0.3) is 5.82 Å². The lowest BCUT2D eigenvalue weighted by Gasteiger charge is -2.15. The van der Waals surface area contributed by atoms with Gasteiger partial charge in [-0.3, -0.25) is 0 Å². The number of hydrogen-bond acceptors (Lipinski definition) is 2. The number of hydrogen-bond donors (Lipinski definition) is 2. The summed E-state index contributed by atoms with van der Waals surface area (Å²) in [5, 5.41) is 13.1. The summed E-state index contributed by atoms with van der Waals surface area (Å²) >= 11 is 0. The summed E-state index contributed by atoms with van der Waals surface area (Å²) in [4.78, 5) is 0. The van der Waals surface area contributed by atoms with Gasteiger partial charge in [-0.2, -0.15) is 0 Å². The van der Waals surface area contributed by atoms with E-state index in [4.69, 9.17) is 0 Å². The molecule has 1 aromatic carbocycles. The molecule has 0 bridgehead atoms. The first-order valence-electron chi connectivity index (χ1n) is 8.16. The number of imidazole rings is 1. The summed E-state index contributed by atoms with van der Waals surface area (Å²) in [7, 11) is 2.07. The van der Waals surface area contributed by atoms with Gasteiger partial charge in [0.05, 0.1) is 26.7 Å². The SMILES string of the molecule is CCCCn1cc[n+](C)c1CN[C@H](CO)Cc1ccccc1.[Br-]. The first-order chi connectivity index (χ1) is 10.7. The summed E-state index contributed by atoms with van der Waals surface area (Å²) < 4.78 is 4.45. The average molecular weight is 382 g/mol. The number of aromatic nitrogens is 2. The van der Waals surface area contributed by atoms with Crippen LogP contribution in [0.25, 0.3) is 0 Å². The summed E-state index contributed by atoms with van der Waals surface area (Å²) in [6.07, 6.45) is 7.46. The number of nitrogens with one attached hydrogen (secondary N) is 1. The average Bonchev–Trinajstić information content (AvgIpc) is 2.90. The van der Waals surface area contributed by atoms with Crippen molar-refractivity contribution in [2.75, 3.05) is 6.61 Å². The normalized spacial score (nSPS) is 12.0. The van der Waals surface area contributed by atoms with Gasteiger partial charge in [0.1, 0.15) is 12.4 Å². The van der Waals surface area contributed by atoms with E-state index in [-0.39, 0.29) is 29.6 Å². The largest absolute Gasteiger partial charge is 1.00 e. The zero-order valence-corrected chi connectivity index (χ0v) is 15.7. The van der Waals surface area contributed by atoms with Gasteiger partial charge in [0.15, 0.2) is 0 Å². The van der Waals surface area contributed by atoms with Gasteiger partial charge < -0.3 is 27.4 Å². The second kappa shape index (κ2) is 10.6. The van der Waals surface area contributed by atoms with Crippen LogP contribution in [0.2, 0.25) is 0 Å². The first-order valence-corrected chi connectivity index (χ1v) is 8.16. The second-order valence-corrected chi connectivity index (χ2v) is 5.82. The smallest absolute Gasteiger partial charge is 0.270 e. The molecule has 128 valence electrons. The Hall–Kier alpha value is -1.17. The Morgan fingerprint density at radius 2 is 2.00 bits per heavy atom. The Labute approximate surface area is 149 Å².